The maximum Gasteiger partial charge on any atom is 0.307 e. The summed E-state index contributed by atoms with van der Waals surface area (Å²) in [7, 11) is 0. The number of pyridine rings is 1. The van der Waals surface area contributed by atoms with Crippen LogP contribution in [0.5, 0.6) is 0 Å². The van der Waals surface area contributed by atoms with E-state index in [-0.39, 0.29) is 0 Å². The summed E-state index contributed by atoms with van der Waals surface area (Å²) in [6.45, 7) is 6.86. The monoisotopic (exact) mass is 347 g/mol. The molecule has 25 heavy (non-hydrogen) atoms. The summed E-state index contributed by atoms with van der Waals surface area (Å²) in [5.74, 6) is -0.832. The van der Waals surface area contributed by atoms with E-state index >= 15 is 0 Å². The number of aromatic nitrogens is 5. The van der Waals surface area contributed by atoms with Gasteiger partial charge in [-0.15, -0.1) is 10.2 Å². The highest BCUT2D eigenvalue weighted by molar-refractivity contribution is 5.72. The fraction of sp³-hybridized carbons (Fsp3) is 0.562. The number of nitrogens with two attached hydrogens (primary N) is 1. The minimum Gasteiger partial charge on any atom is -0.481 e. The Kier molecular flexibility index (Phi) is 6.02. The molecule has 0 fully saturated rings. The van der Waals surface area contributed by atoms with Gasteiger partial charge in [-0.05, 0) is 23.5 Å². The lowest BCUT2D eigenvalue weighted by Crippen LogP contribution is -2.35. The molecule has 2 rings (SSSR count). The SMILES string of the molecule is CC(C)(C)C(C(=O)O)C(Cc1ccc(NCCN)nc1)c1nn[nH]n1. The molecular formula is C16H25N7O2. The van der Waals surface area contributed by atoms with Crippen LogP contribution in [0.2, 0.25) is 0 Å². The number of carboxylic acid groups (broad SMARTS) is 1. The molecule has 2 aromatic rings. The standard InChI is InChI=1S/C16H25N7O2/c1-16(2,3)13(15(24)25)11(14-20-22-23-21-14)8-10-4-5-12(19-9-10)18-7-6-17/h4-5,9,11,13H,6-8,17H2,1-3H3,(H,18,19)(H,24,25)(H,20,21,22,23). The van der Waals surface area contributed by atoms with E-state index in [1.54, 1.807) is 6.20 Å². The van der Waals surface area contributed by atoms with Crippen molar-refractivity contribution in [3.8, 4) is 0 Å². The van der Waals surface area contributed by atoms with Crippen molar-refractivity contribution in [3.63, 3.8) is 0 Å². The molecule has 9 heteroatoms. The molecule has 0 aliphatic heterocycles. The average Bonchev–Trinajstić information content (AvgIpc) is 3.06. The second-order valence-corrected chi connectivity index (χ2v) is 7.03. The van der Waals surface area contributed by atoms with Crippen LogP contribution < -0.4 is 11.1 Å². The number of aliphatic carboxylic acids is 1. The summed E-state index contributed by atoms with van der Waals surface area (Å²) in [5, 5.41) is 26.9. The van der Waals surface area contributed by atoms with Crippen LogP contribution in [0.3, 0.4) is 0 Å². The summed E-state index contributed by atoms with van der Waals surface area (Å²) in [5.41, 5.74) is 5.90. The summed E-state index contributed by atoms with van der Waals surface area (Å²) < 4.78 is 0. The van der Waals surface area contributed by atoms with Crippen molar-refractivity contribution in [3.05, 3.63) is 29.7 Å². The molecule has 9 nitrogen and oxygen atoms in total. The number of aromatic amines is 1. The minimum absolute atomic E-state index is 0.396. The van der Waals surface area contributed by atoms with E-state index < -0.39 is 23.2 Å². The molecule has 2 heterocycles. The molecule has 0 bridgehead atoms. The van der Waals surface area contributed by atoms with Crippen LogP contribution in [-0.4, -0.2) is 49.8 Å². The van der Waals surface area contributed by atoms with E-state index in [0.29, 0.717) is 25.3 Å². The lowest BCUT2D eigenvalue weighted by atomic mass is 9.71. The Hall–Kier alpha value is -2.55. The lowest BCUT2D eigenvalue weighted by molar-refractivity contribution is -0.146. The van der Waals surface area contributed by atoms with Gasteiger partial charge in [0.2, 0.25) is 0 Å². The quantitative estimate of drug-likeness (QED) is 0.554. The second kappa shape index (κ2) is 8.02. The van der Waals surface area contributed by atoms with Gasteiger partial charge in [-0.3, -0.25) is 4.79 Å². The largest absolute Gasteiger partial charge is 0.481 e. The predicted octanol–water partition coefficient (Wildman–Crippen LogP) is 1.04. The average molecular weight is 347 g/mol. The number of carbonyl (C=O) groups is 1. The Morgan fingerprint density at radius 2 is 2.16 bits per heavy atom. The van der Waals surface area contributed by atoms with Gasteiger partial charge in [0, 0.05) is 25.2 Å². The zero-order valence-electron chi connectivity index (χ0n) is 14.7. The van der Waals surface area contributed by atoms with Gasteiger partial charge in [-0.25, -0.2) is 4.98 Å². The number of hydrogen-bond donors (Lipinski definition) is 4. The van der Waals surface area contributed by atoms with Crippen LogP contribution in [0.4, 0.5) is 5.82 Å². The topological polar surface area (TPSA) is 143 Å². The molecule has 2 atom stereocenters. The van der Waals surface area contributed by atoms with Crippen LogP contribution in [0.25, 0.3) is 0 Å². The Bertz CT molecular complexity index is 665. The Labute approximate surface area is 146 Å². The van der Waals surface area contributed by atoms with Crippen LogP contribution in [-0.2, 0) is 11.2 Å². The maximum absolute atomic E-state index is 11.9. The summed E-state index contributed by atoms with van der Waals surface area (Å²) >= 11 is 0. The first kappa shape index (κ1) is 18.8. The van der Waals surface area contributed by atoms with E-state index in [2.05, 4.69) is 30.9 Å². The van der Waals surface area contributed by atoms with Gasteiger partial charge < -0.3 is 16.2 Å². The number of carboxylic acids is 1. The highest BCUT2D eigenvalue weighted by Gasteiger charge is 2.40. The zero-order chi connectivity index (χ0) is 18.4. The van der Waals surface area contributed by atoms with Crippen molar-refractivity contribution >= 4 is 11.8 Å². The summed E-state index contributed by atoms with van der Waals surface area (Å²) in [6, 6.07) is 3.77. The van der Waals surface area contributed by atoms with Gasteiger partial charge in [0.1, 0.15) is 5.82 Å². The van der Waals surface area contributed by atoms with Crippen LogP contribution in [0.15, 0.2) is 18.3 Å². The first-order valence-corrected chi connectivity index (χ1v) is 8.18. The molecule has 2 aromatic heterocycles. The molecule has 0 aliphatic rings. The van der Waals surface area contributed by atoms with Crippen LogP contribution in [0, 0.1) is 11.3 Å². The Balaban J connectivity index is 2.26. The first-order chi connectivity index (χ1) is 11.8. The van der Waals surface area contributed by atoms with E-state index in [9.17, 15) is 9.90 Å². The number of hydrogen-bond acceptors (Lipinski definition) is 7. The second-order valence-electron chi connectivity index (χ2n) is 7.03. The molecule has 136 valence electrons. The third kappa shape index (κ3) is 4.96. The molecule has 2 unspecified atom stereocenters. The molecule has 0 saturated heterocycles. The number of anilines is 1. The molecule has 0 radical (unpaired) electrons. The molecule has 0 saturated carbocycles. The van der Waals surface area contributed by atoms with Crippen LogP contribution in [0.1, 0.15) is 38.1 Å². The summed E-state index contributed by atoms with van der Waals surface area (Å²) in [4.78, 5) is 16.3. The highest BCUT2D eigenvalue weighted by Crippen LogP contribution is 2.38. The fourth-order valence-electron chi connectivity index (χ4n) is 2.93. The first-order valence-electron chi connectivity index (χ1n) is 8.18. The summed E-state index contributed by atoms with van der Waals surface area (Å²) in [6.07, 6.45) is 2.19. The minimum atomic E-state index is -0.878. The normalized spacial score (nSPS) is 14.1. The fourth-order valence-corrected chi connectivity index (χ4v) is 2.93. The van der Waals surface area contributed by atoms with Crippen molar-refractivity contribution in [1.82, 2.24) is 25.6 Å². The van der Waals surface area contributed by atoms with Crippen molar-refractivity contribution in [1.29, 1.82) is 0 Å². The number of nitrogens with one attached hydrogen (secondary N) is 2. The maximum atomic E-state index is 11.9. The molecule has 5 N–H and O–H groups in total. The Morgan fingerprint density at radius 3 is 2.64 bits per heavy atom. The molecule has 0 aromatic carbocycles. The van der Waals surface area contributed by atoms with Crippen molar-refractivity contribution in [2.75, 3.05) is 18.4 Å². The smallest absolute Gasteiger partial charge is 0.307 e. The Morgan fingerprint density at radius 1 is 1.40 bits per heavy atom. The van der Waals surface area contributed by atoms with Gasteiger partial charge in [0.15, 0.2) is 5.82 Å². The van der Waals surface area contributed by atoms with Gasteiger partial charge in [-0.1, -0.05) is 32.1 Å². The van der Waals surface area contributed by atoms with Crippen LogP contribution >= 0.6 is 0 Å². The van der Waals surface area contributed by atoms with E-state index in [0.717, 1.165) is 11.4 Å². The van der Waals surface area contributed by atoms with Crippen molar-refractivity contribution in [2.45, 2.75) is 33.1 Å². The van der Waals surface area contributed by atoms with Gasteiger partial charge in [-0.2, -0.15) is 5.21 Å². The van der Waals surface area contributed by atoms with Gasteiger partial charge in [0.05, 0.1) is 5.92 Å². The third-order valence-corrected chi connectivity index (χ3v) is 4.03. The lowest BCUT2D eigenvalue weighted by Gasteiger charge is -2.32. The number of nitrogens with zero attached hydrogens (tertiary/aromatic N) is 4. The number of tetrazole rings is 1. The van der Waals surface area contributed by atoms with Crippen molar-refractivity contribution < 1.29 is 9.90 Å². The zero-order valence-corrected chi connectivity index (χ0v) is 14.7. The highest BCUT2D eigenvalue weighted by atomic mass is 16.4. The predicted molar refractivity (Wildman–Crippen MR) is 93.0 cm³/mol. The van der Waals surface area contributed by atoms with E-state index in [1.165, 1.54) is 0 Å². The number of rotatable bonds is 8. The molecule has 0 amide bonds. The number of H-pyrrole nitrogens is 1. The molecular weight excluding hydrogens is 322 g/mol. The molecule has 0 spiro atoms. The van der Waals surface area contributed by atoms with Crippen molar-refractivity contribution in [2.24, 2.45) is 17.1 Å². The van der Waals surface area contributed by atoms with Gasteiger partial charge >= 0.3 is 5.97 Å². The van der Waals surface area contributed by atoms with E-state index in [4.69, 9.17) is 5.73 Å². The molecule has 0 aliphatic carbocycles. The third-order valence-electron chi connectivity index (χ3n) is 4.03. The van der Waals surface area contributed by atoms with E-state index in [1.807, 2.05) is 32.9 Å². The van der Waals surface area contributed by atoms with Gasteiger partial charge in [0.25, 0.3) is 0 Å².